The molecule has 0 bridgehead atoms. The van der Waals surface area contributed by atoms with Gasteiger partial charge in [-0.1, -0.05) is 30.3 Å². The number of rotatable bonds is 6. The first-order chi connectivity index (χ1) is 14.3. The van der Waals surface area contributed by atoms with E-state index in [0.717, 1.165) is 37.9 Å². The first-order valence-electron chi connectivity index (χ1n) is 10.4. The van der Waals surface area contributed by atoms with Gasteiger partial charge in [-0.05, 0) is 48.4 Å². The van der Waals surface area contributed by atoms with Crippen molar-refractivity contribution in [1.29, 1.82) is 5.26 Å². The summed E-state index contributed by atoms with van der Waals surface area (Å²) >= 11 is 0. The number of nitriles is 1. The van der Waals surface area contributed by atoms with Gasteiger partial charge in [0, 0.05) is 25.8 Å². The molecule has 4 rings (SSSR count). The highest BCUT2D eigenvalue weighted by Gasteiger charge is 2.28. The van der Waals surface area contributed by atoms with Gasteiger partial charge in [0.2, 0.25) is 5.91 Å². The Morgan fingerprint density at radius 2 is 2.00 bits per heavy atom. The second-order valence-corrected chi connectivity index (χ2v) is 7.68. The highest BCUT2D eigenvalue weighted by Crippen LogP contribution is 2.30. The Balaban J connectivity index is 1.35. The summed E-state index contributed by atoms with van der Waals surface area (Å²) in [4.78, 5) is 18.7. The van der Waals surface area contributed by atoms with Gasteiger partial charge in [0.05, 0.1) is 24.3 Å². The maximum absolute atomic E-state index is 12.3. The first-order valence-corrected chi connectivity index (χ1v) is 10.4. The van der Waals surface area contributed by atoms with E-state index in [1.807, 2.05) is 12.3 Å². The van der Waals surface area contributed by atoms with Crippen molar-refractivity contribution in [2.45, 2.75) is 37.8 Å². The molecule has 0 radical (unpaired) electrons. The smallest absolute Gasteiger partial charge is 0.237 e. The summed E-state index contributed by atoms with van der Waals surface area (Å²) in [5.41, 5.74) is 5.04. The number of carbonyl (C=O) groups excluding carboxylic acids is 1. The lowest BCUT2D eigenvalue weighted by Crippen LogP contribution is -2.42. The molecule has 2 aliphatic rings. The lowest BCUT2D eigenvalue weighted by Gasteiger charge is -2.22. The first kappa shape index (κ1) is 19.6. The van der Waals surface area contributed by atoms with Crippen LogP contribution >= 0.6 is 0 Å². The molecule has 1 unspecified atom stereocenters. The van der Waals surface area contributed by atoms with Crippen LogP contribution < -0.4 is 10.6 Å². The van der Waals surface area contributed by atoms with Crippen LogP contribution in [0.4, 0.5) is 0 Å². The third kappa shape index (κ3) is 4.31. The standard InChI is InChI=1S/C23H27N5O/c24-15-19-7-4-14-28(19)21(29)16-25-12-13-27-23-20-8-2-1-5-17(20)9-10-18-6-3-11-26-22(18)23/h1-3,5-6,8,11,19,23,25,27H,4,7,9-10,12-14,16H2/t19-,23?/m0/s1. The normalized spacial score (nSPS) is 20.4. The van der Waals surface area contributed by atoms with E-state index < -0.39 is 0 Å². The van der Waals surface area contributed by atoms with E-state index >= 15 is 0 Å². The molecule has 2 aromatic rings. The quantitative estimate of drug-likeness (QED) is 0.739. The molecule has 1 aliphatic carbocycles. The summed E-state index contributed by atoms with van der Waals surface area (Å²) < 4.78 is 0. The number of carbonyl (C=O) groups is 1. The summed E-state index contributed by atoms with van der Waals surface area (Å²) in [6, 6.07) is 14.8. The Kier molecular flexibility index (Phi) is 6.18. The van der Waals surface area contributed by atoms with Crippen LogP contribution in [0.2, 0.25) is 0 Å². The number of amides is 1. The summed E-state index contributed by atoms with van der Waals surface area (Å²) in [5.74, 6) is 0.0147. The Labute approximate surface area is 171 Å². The van der Waals surface area contributed by atoms with Crippen LogP contribution in [-0.4, -0.2) is 48.0 Å². The van der Waals surface area contributed by atoms with Gasteiger partial charge in [-0.25, -0.2) is 0 Å². The molecular weight excluding hydrogens is 362 g/mol. The van der Waals surface area contributed by atoms with E-state index in [2.05, 4.69) is 52.0 Å². The SMILES string of the molecule is N#C[C@@H]1CCCN1C(=O)CNCCNC1c2ccccc2CCc2cccnc21. The minimum atomic E-state index is -0.257. The fraction of sp³-hybridized carbons (Fsp3) is 0.435. The average Bonchev–Trinajstić information content (AvgIpc) is 3.18. The number of nitrogens with one attached hydrogen (secondary N) is 2. The second kappa shape index (κ2) is 9.17. The Hall–Kier alpha value is -2.75. The second-order valence-electron chi connectivity index (χ2n) is 7.68. The molecule has 1 fully saturated rings. The fourth-order valence-electron chi connectivity index (χ4n) is 4.39. The van der Waals surface area contributed by atoms with Gasteiger partial charge in [-0.2, -0.15) is 5.26 Å². The molecule has 150 valence electrons. The average molecular weight is 390 g/mol. The summed E-state index contributed by atoms with van der Waals surface area (Å²) in [5, 5.41) is 16.0. The van der Waals surface area contributed by atoms with Crippen LogP contribution in [0.15, 0.2) is 42.6 Å². The Morgan fingerprint density at radius 3 is 2.90 bits per heavy atom. The van der Waals surface area contributed by atoms with E-state index in [4.69, 9.17) is 5.26 Å². The molecule has 1 aromatic carbocycles. The molecular formula is C23H27N5O. The molecule has 1 aromatic heterocycles. The molecule has 0 spiro atoms. The molecule has 2 heterocycles. The van der Waals surface area contributed by atoms with Gasteiger partial charge in [-0.15, -0.1) is 0 Å². The van der Waals surface area contributed by atoms with Crippen molar-refractivity contribution < 1.29 is 4.79 Å². The largest absolute Gasteiger partial charge is 0.326 e. The maximum Gasteiger partial charge on any atom is 0.237 e. The van der Waals surface area contributed by atoms with Crippen LogP contribution in [0.3, 0.4) is 0 Å². The van der Waals surface area contributed by atoms with Crippen LogP contribution in [0.25, 0.3) is 0 Å². The molecule has 0 saturated carbocycles. The van der Waals surface area contributed by atoms with Crippen molar-refractivity contribution in [3.63, 3.8) is 0 Å². The molecule has 6 nitrogen and oxygen atoms in total. The van der Waals surface area contributed by atoms with Crippen LogP contribution in [0.1, 0.15) is 41.3 Å². The lowest BCUT2D eigenvalue weighted by atomic mass is 9.98. The van der Waals surface area contributed by atoms with Crippen molar-refractivity contribution in [2.24, 2.45) is 0 Å². The van der Waals surface area contributed by atoms with E-state index in [9.17, 15) is 4.79 Å². The zero-order chi connectivity index (χ0) is 20.1. The number of benzene rings is 1. The molecule has 1 aliphatic heterocycles. The predicted octanol–water partition coefficient (Wildman–Crippen LogP) is 1.96. The maximum atomic E-state index is 12.3. The summed E-state index contributed by atoms with van der Waals surface area (Å²) in [6.45, 7) is 2.37. The van der Waals surface area contributed by atoms with Crippen LogP contribution in [0, 0.1) is 11.3 Å². The predicted molar refractivity (Wildman–Crippen MR) is 111 cm³/mol. The van der Waals surface area contributed by atoms with Crippen molar-refractivity contribution in [1.82, 2.24) is 20.5 Å². The van der Waals surface area contributed by atoms with E-state index in [1.165, 1.54) is 16.7 Å². The highest BCUT2D eigenvalue weighted by atomic mass is 16.2. The highest BCUT2D eigenvalue weighted by molar-refractivity contribution is 5.79. The molecule has 1 saturated heterocycles. The number of hydrogen-bond donors (Lipinski definition) is 2. The zero-order valence-corrected chi connectivity index (χ0v) is 16.6. The summed E-state index contributed by atoms with van der Waals surface area (Å²) in [7, 11) is 0. The van der Waals surface area contributed by atoms with Crippen molar-refractivity contribution >= 4 is 5.91 Å². The lowest BCUT2D eigenvalue weighted by molar-refractivity contribution is -0.130. The minimum Gasteiger partial charge on any atom is -0.326 e. The number of fused-ring (bicyclic) bond motifs is 2. The minimum absolute atomic E-state index is 0.0147. The van der Waals surface area contributed by atoms with E-state index in [1.54, 1.807) is 4.90 Å². The van der Waals surface area contributed by atoms with Crippen molar-refractivity contribution in [3.8, 4) is 6.07 Å². The van der Waals surface area contributed by atoms with Gasteiger partial charge in [0.25, 0.3) is 0 Å². The summed E-state index contributed by atoms with van der Waals surface area (Å²) in [6.07, 6.45) is 5.59. The molecule has 2 atom stereocenters. The number of aromatic nitrogens is 1. The third-order valence-corrected chi connectivity index (χ3v) is 5.88. The zero-order valence-electron chi connectivity index (χ0n) is 16.6. The number of pyridine rings is 1. The van der Waals surface area contributed by atoms with E-state index in [-0.39, 0.29) is 24.5 Å². The van der Waals surface area contributed by atoms with Gasteiger partial charge in [0.1, 0.15) is 6.04 Å². The Morgan fingerprint density at radius 1 is 1.17 bits per heavy atom. The fourth-order valence-corrected chi connectivity index (χ4v) is 4.39. The Bertz CT molecular complexity index is 859. The number of likely N-dealkylation sites (tertiary alicyclic amines) is 1. The van der Waals surface area contributed by atoms with Crippen molar-refractivity contribution in [3.05, 3.63) is 65.0 Å². The number of aryl methyl sites for hydroxylation is 2. The third-order valence-electron chi connectivity index (χ3n) is 5.88. The van der Waals surface area contributed by atoms with Gasteiger partial charge < -0.3 is 15.5 Å². The van der Waals surface area contributed by atoms with Crippen LogP contribution in [0.5, 0.6) is 0 Å². The van der Waals surface area contributed by atoms with Crippen LogP contribution in [-0.2, 0) is 17.6 Å². The number of hydrogen-bond acceptors (Lipinski definition) is 5. The molecule has 2 N–H and O–H groups in total. The monoisotopic (exact) mass is 389 g/mol. The van der Waals surface area contributed by atoms with Crippen molar-refractivity contribution in [2.75, 3.05) is 26.2 Å². The number of nitrogens with zero attached hydrogens (tertiary/aromatic N) is 3. The van der Waals surface area contributed by atoms with Gasteiger partial charge >= 0.3 is 0 Å². The van der Waals surface area contributed by atoms with E-state index in [0.29, 0.717) is 13.1 Å². The molecule has 29 heavy (non-hydrogen) atoms. The topological polar surface area (TPSA) is 81.0 Å². The molecule has 1 amide bonds. The molecule has 6 heteroatoms. The van der Waals surface area contributed by atoms with Gasteiger partial charge in [-0.3, -0.25) is 9.78 Å². The van der Waals surface area contributed by atoms with Gasteiger partial charge in [0.15, 0.2) is 0 Å².